The standard InChI is InChI=1S/C22H19N5O4/c1-2-20-19(14-24-26(20)17-8-10-18(11-9-17)27(29)30)22(28)23-13-16-12-21(31-25-16)15-6-4-3-5-7-15/h3-12,14H,2,13H2,1H3,(H,23,28). The Morgan fingerprint density at radius 3 is 2.58 bits per heavy atom. The van der Waals surface area contributed by atoms with Gasteiger partial charge in [-0.3, -0.25) is 14.9 Å². The molecule has 4 rings (SSSR count). The summed E-state index contributed by atoms with van der Waals surface area (Å²) in [6.07, 6.45) is 2.05. The number of nitro benzene ring substituents is 1. The number of rotatable bonds is 7. The second-order valence-corrected chi connectivity index (χ2v) is 6.78. The molecule has 0 bridgehead atoms. The van der Waals surface area contributed by atoms with Gasteiger partial charge in [-0.15, -0.1) is 0 Å². The lowest BCUT2D eigenvalue weighted by molar-refractivity contribution is -0.384. The highest BCUT2D eigenvalue weighted by atomic mass is 16.6. The van der Waals surface area contributed by atoms with E-state index in [0.717, 1.165) is 5.56 Å². The van der Waals surface area contributed by atoms with Crippen LogP contribution in [-0.2, 0) is 13.0 Å². The number of aromatic nitrogens is 3. The average Bonchev–Trinajstić information content (AvgIpc) is 3.45. The summed E-state index contributed by atoms with van der Waals surface area (Å²) in [6.45, 7) is 2.13. The topological polar surface area (TPSA) is 116 Å². The molecule has 156 valence electrons. The van der Waals surface area contributed by atoms with Crippen LogP contribution in [0.25, 0.3) is 17.0 Å². The average molecular weight is 417 g/mol. The molecule has 31 heavy (non-hydrogen) atoms. The lowest BCUT2D eigenvalue weighted by Crippen LogP contribution is -2.24. The Morgan fingerprint density at radius 2 is 1.90 bits per heavy atom. The number of nitrogens with one attached hydrogen (secondary N) is 1. The Hall–Kier alpha value is -4.27. The van der Waals surface area contributed by atoms with Crippen LogP contribution in [0.1, 0.15) is 28.7 Å². The zero-order valence-corrected chi connectivity index (χ0v) is 16.7. The molecule has 0 aliphatic heterocycles. The Morgan fingerprint density at radius 1 is 1.16 bits per heavy atom. The van der Waals surface area contributed by atoms with E-state index in [1.807, 2.05) is 37.3 Å². The van der Waals surface area contributed by atoms with E-state index in [0.29, 0.717) is 34.8 Å². The highest BCUT2D eigenvalue weighted by Crippen LogP contribution is 2.21. The van der Waals surface area contributed by atoms with Crippen molar-refractivity contribution in [2.45, 2.75) is 19.9 Å². The van der Waals surface area contributed by atoms with Gasteiger partial charge in [0.1, 0.15) is 5.69 Å². The summed E-state index contributed by atoms with van der Waals surface area (Å²) in [7, 11) is 0. The molecule has 2 aromatic carbocycles. The Labute approximate surface area is 177 Å². The molecule has 0 atom stereocenters. The van der Waals surface area contributed by atoms with Crippen LogP contribution < -0.4 is 5.32 Å². The molecule has 9 heteroatoms. The van der Waals surface area contributed by atoms with Gasteiger partial charge in [0.15, 0.2) is 5.76 Å². The van der Waals surface area contributed by atoms with Gasteiger partial charge in [-0.1, -0.05) is 42.4 Å². The van der Waals surface area contributed by atoms with Gasteiger partial charge in [-0.2, -0.15) is 5.10 Å². The van der Waals surface area contributed by atoms with E-state index in [1.54, 1.807) is 22.9 Å². The van der Waals surface area contributed by atoms with E-state index in [4.69, 9.17) is 4.52 Å². The van der Waals surface area contributed by atoms with Crippen molar-refractivity contribution >= 4 is 11.6 Å². The lowest BCUT2D eigenvalue weighted by atomic mass is 10.1. The number of non-ortho nitro benzene ring substituents is 1. The number of amides is 1. The van der Waals surface area contributed by atoms with E-state index in [1.165, 1.54) is 18.3 Å². The first-order valence-corrected chi connectivity index (χ1v) is 9.67. The maximum Gasteiger partial charge on any atom is 0.269 e. The molecule has 1 N–H and O–H groups in total. The van der Waals surface area contributed by atoms with Crippen molar-refractivity contribution in [1.29, 1.82) is 0 Å². The van der Waals surface area contributed by atoms with Crippen LogP contribution in [-0.4, -0.2) is 25.8 Å². The molecular formula is C22H19N5O4. The minimum Gasteiger partial charge on any atom is -0.356 e. The van der Waals surface area contributed by atoms with Gasteiger partial charge in [0.2, 0.25) is 0 Å². The van der Waals surface area contributed by atoms with Crippen LogP contribution in [0.2, 0.25) is 0 Å². The van der Waals surface area contributed by atoms with Crippen LogP contribution in [0.5, 0.6) is 0 Å². The first kappa shape index (κ1) is 20.0. The number of nitrogens with zero attached hydrogens (tertiary/aromatic N) is 4. The SMILES string of the molecule is CCc1c(C(=O)NCc2cc(-c3ccccc3)on2)cnn1-c1ccc([N+](=O)[O-])cc1. The number of hydrogen-bond acceptors (Lipinski definition) is 6. The van der Waals surface area contributed by atoms with Gasteiger partial charge in [0.25, 0.3) is 11.6 Å². The fourth-order valence-electron chi connectivity index (χ4n) is 3.24. The summed E-state index contributed by atoms with van der Waals surface area (Å²) in [6, 6.07) is 17.4. The summed E-state index contributed by atoms with van der Waals surface area (Å²) in [4.78, 5) is 23.1. The smallest absolute Gasteiger partial charge is 0.269 e. The molecule has 1 amide bonds. The van der Waals surface area contributed by atoms with E-state index in [9.17, 15) is 14.9 Å². The van der Waals surface area contributed by atoms with Crippen LogP contribution in [0.3, 0.4) is 0 Å². The summed E-state index contributed by atoms with van der Waals surface area (Å²) in [5, 5.41) is 22.0. The highest BCUT2D eigenvalue weighted by molar-refractivity contribution is 5.95. The predicted molar refractivity (Wildman–Crippen MR) is 113 cm³/mol. The second kappa shape index (κ2) is 8.62. The molecule has 2 aromatic heterocycles. The van der Waals surface area contributed by atoms with E-state index in [2.05, 4.69) is 15.6 Å². The molecule has 4 aromatic rings. The van der Waals surface area contributed by atoms with Gasteiger partial charge in [-0.25, -0.2) is 4.68 Å². The number of nitro groups is 1. The maximum atomic E-state index is 12.8. The van der Waals surface area contributed by atoms with E-state index < -0.39 is 4.92 Å². The number of hydrogen-bond donors (Lipinski definition) is 1. The van der Waals surface area contributed by atoms with Crippen LogP contribution >= 0.6 is 0 Å². The summed E-state index contributed by atoms with van der Waals surface area (Å²) < 4.78 is 6.97. The van der Waals surface area contributed by atoms with Crippen molar-refractivity contribution < 1.29 is 14.2 Å². The molecule has 0 fully saturated rings. The third-order valence-electron chi connectivity index (χ3n) is 4.80. The molecule has 9 nitrogen and oxygen atoms in total. The molecule has 0 radical (unpaired) electrons. The molecule has 0 saturated heterocycles. The first-order chi connectivity index (χ1) is 15.1. The molecule has 0 spiro atoms. The van der Waals surface area contributed by atoms with Gasteiger partial charge < -0.3 is 9.84 Å². The molecule has 0 aliphatic carbocycles. The summed E-state index contributed by atoms with van der Waals surface area (Å²) >= 11 is 0. The zero-order chi connectivity index (χ0) is 21.8. The van der Waals surface area contributed by atoms with Gasteiger partial charge >= 0.3 is 0 Å². The van der Waals surface area contributed by atoms with Crippen molar-refractivity contribution in [2.75, 3.05) is 0 Å². The molecular weight excluding hydrogens is 398 g/mol. The van der Waals surface area contributed by atoms with Gasteiger partial charge in [0.05, 0.1) is 34.6 Å². The maximum absolute atomic E-state index is 12.8. The van der Waals surface area contributed by atoms with Crippen molar-refractivity contribution in [1.82, 2.24) is 20.3 Å². The Kier molecular flexibility index (Phi) is 5.57. The van der Waals surface area contributed by atoms with Crippen molar-refractivity contribution in [3.05, 3.63) is 93.9 Å². The van der Waals surface area contributed by atoms with E-state index in [-0.39, 0.29) is 18.1 Å². The minimum absolute atomic E-state index is 0.00518. The quantitative estimate of drug-likeness (QED) is 0.360. The fourth-order valence-corrected chi connectivity index (χ4v) is 3.24. The van der Waals surface area contributed by atoms with Crippen molar-refractivity contribution in [2.24, 2.45) is 0 Å². The molecule has 0 aliphatic rings. The van der Waals surface area contributed by atoms with Gasteiger partial charge in [-0.05, 0) is 18.6 Å². The van der Waals surface area contributed by atoms with Gasteiger partial charge in [0, 0.05) is 23.8 Å². The Balaban J connectivity index is 1.48. The summed E-state index contributed by atoms with van der Waals surface area (Å²) in [5.41, 5.74) is 3.29. The normalized spacial score (nSPS) is 10.7. The Bertz CT molecular complexity index is 1210. The second-order valence-electron chi connectivity index (χ2n) is 6.78. The largest absolute Gasteiger partial charge is 0.356 e. The third kappa shape index (κ3) is 4.20. The lowest BCUT2D eigenvalue weighted by Gasteiger charge is -2.08. The molecule has 0 unspecified atom stereocenters. The monoisotopic (exact) mass is 417 g/mol. The van der Waals surface area contributed by atoms with Crippen molar-refractivity contribution in [3.8, 4) is 17.0 Å². The van der Waals surface area contributed by atoms with Crippen LogP contribution in [0.15, 0.2) is 71.4 Å². The minimum atomic E-state index is -0.459. The number of benzene rings is 2. The summed E-state index contributed by atoms with van der Waals surface area (Å²) in [5.74, 6) is 0.347. The highest BCUT2D eigenvalue weighted by Gasteiger charge is 2.18. The number of carbonyl (C=O) groups is 1. The van der Waals surface area contributed by atoms with Crippen LogP contribution in [0, 0.1) is 10.1 Å². The third-order valence-corrected chi connectivity index (χ3v) is 4.80. The fraction of sp³-hybridized carbons (Fsp3) is 0.136. The number of carbonyl (C=O) groups excluding carboxylic acids is 1. The zero-order valence-electron chi connectivity index (χ0n) is 16.7. The van der Waals surface area contributed by atoms with E-state index >= 15 is 0 Å². The first-order valence-electron chi connectivity index (χ1n) is 9.67. The van der Waals surface area contributed by atoms with Crippen LogP contribution in [0.4, 0.5) is 5.69 Å². The molecule has 0 saturated carbocycles. The molecule has 2 heterocycles. The van der Waals surface area contributed by atoms with Crippen molar-refractivity contribution in [3.63, 3.8) is 0 Å². The predicted octanol–water partition coefficient (Wildman–Crippen LogP) is 3.93.